The predicted molar refractivity (Wildman–Crippen MR) is 105 cm³/mol. The molecular weight excluding hydrogens is 384 g/mol. The Bertz CT molecular complexity index is 1280. The molecule has 0 amide bonds. The van der Waals surface area contributed by atoms with Crippen LogP contribution >= 0.6 is 11.6 Å². The normalized spacial score (nSPS) is 34.7. The highest BCUT2D eigenvalue weighted by molar-refractivity contribution is 6.31. The van der Waals surface area contributed by atoms with Crippen LogP contribution in [-0.2, 0) is 11.2 Å². The fourth-order valence-electron chi connectivity index (χ4n) is 2.74. The van der Waals surface area contributed by atoms with E-state index in [4.69, 9.17) is 37.5 Å². The minimum Gasteiger partial charge on any atom is -0.494 e. The summed E-state index contributed by atoms with van der Waals surface area (Å²) in [6.07, 6.45) is -9.21. The molecule has 1 saturated heterocycles. The number of aliphatic hydroxyl groups excluding tert-OH is 4. The summed E-state index contributed by atoms with van der Waals surface area (Å²) >= 11 is 6.25. The summed E-state index contributed by atoms with van der Waals surface area (Å²) in [4.78, 5) is 0. The zero-order chi connectivity index (χ0) is 30.6. The van der Waals surface area contributed by atoms with Crippen LogP contribution in [0.4, 0.5) is 0 Å². The molecule has 1 aliphatic rings. The molecule has 152 valence electrons. The molecule has 4 N–H and O–H groups in total. The molecule has 7 heteroatoms. The van der Waals surface area contributed by atoms with Gasteiger partial charge in [0.1, 0.15) is 36.3 Å². The fraction of sp³-hybridized carbons (Fsp3) is 0.429. The molecule has 0 aromatic heterocycles. The Labute approximate surface area is 185 Å². The molecule has 0 spiro atoms. The molecule has 0 aliphatic carbocycles. The summed E-state index contributed by atoms with van der Waals surface area (Å²) in [5.41, 5.74) is -1.15. The van der Waals surface area contributed by atoms with Crippen LogP contribution in [0.5, 0.6) is 5.75 Å². The molecule has 2 aromatic rings. The van der Waals surface area contributed by atoms with Crippen LogP contribution in [-0.4, -0.2) is 58.0 Å². The SMILES string of the molecule is [2H]c1c([2H])c([C@@H]2O[C@H](CO)[C@@H](O)[C@H](O)[C@H]2O)c([2H])c(Cc2c([2H])c([2H])c(OC([2H])([2H])C([2H])([2H])[2H])c([2H])c2[2H])c1Cl. The molecule has 28 heavy (non-hydrogen) atoms. The van der Waals surface area contributed by atoms with E-state index in [2.05, 4.69) is 0 Å². The van der Waals surface area contributed by atoms with Gasteiger partial charge in [0.25, 0.3) is 0 Å². The first-order chi connectivity index (χ1) is 18.3. The minimum atomic E-state index is -3.36. The second-order valence-corrected chi connectivity index (χ2v) is 6.40. The molecule has 0 bridgehead atoms. The topological polar surface area (TPSA) is 99.4 Å². The van der Waals surface area contributed by atoms with Gasteiger partial charge in [-0.2, -0.15) is 0 Å². The largest absolute Gasteiger partial charge is 0.494 e. The Morgan fingerprint density at radius 3 is 2.57 bits per heavy atom. The molecule has 0 saturated carbocycles. The molecule has 1 fully saturated rings. The smallest absolute Gasteiger partial charge is 0.119 e. The van der Waals surface area contributed by atoms with Crippen LogP contribution in [0.2, 0.25) is 5.02 Å². The zero-order valence-electron chi connectivity index (χ0n) is 26.3. The summed E-state index contributed by atoms with van der Waals surface area (Å²) in [6.45, 7) is -7.49. The van der Waals surface area contributed by atoms with E-state index in [1.165, 1.54) is 0 Å². The molecule has 1 heterocycles. The summed E-state index contributed by atoms with van der Waals surface area (Å²) in [5, 5.41) is 39.8. The van der Waals surface area contributed by atoms with Crippen molar-refractivity contribution in [2.24, 2.45) is 0 Å². The van der Waals surface area contributed by atoms with Crippen molar-refractivity contribution in [1.82, 2.24) is 0 Å². The van der Waals surface area contributed by atoms with Crippen LogP contribution in [0.3, 0.4) is 0 Å². The molecule has 1 aliphatic heterocycles. The predicted octanol–water partition coefficient (Wildman–Crippen LogP) is 1.84. The van der Waals surface area contributed by atoms with E-state index >= 15 is 0 Å². The first kappa shape index (κ1) is 10.4. The van der Waals surface area contributed by atoms with Crippen LogP contribution in [0.1, 0.15) is 46.1 Å². The standard InChI is InChI=1S/C21H25ClO6/c1-2-27-15-6-3-12(4-7-15)9-14-10-13(5-8-16(14)22)21-20(26)19(25)18(24)17(11-23)28-21/h3-8,10,17-21,23-26H,2,9,11H2,1H3/t17-,18-,19+,20-,21+/m1/s1/i1D3,2D2,3D,4D,5D,6D,7D,8D,10D. The lowest BCUT2D eigenvalue weighted by molar-refractivity contribution is -0.231. The van der Waals surface area contributed by atoms with Gasteiger partial charge in [-0.3, -0.25) is 0 Å². The first-order valence-electron chi connectivity index (χ1n) is 14.1. The second-order valence-electron chi connectivity index (χ2n) is 6.02. The second kappa shape index (κ2) is 9.22. The van der Waals surface area contributed by atoms with Crippen LogP contribution in [0.15, 0.2) is 42.3 Å². The number of aliphatic hydroxyl groups is 4. The van der Waals surface area contributed by atoms with Crippen LogP contribution < -0.4 is 4.74 Å². The third-order valence-electron chi connectivity index (χ3n) is 4.19. The summed E-state index contributed by atoms with van der Waals surface area (Å²) < 4.78 is 105. The van der Waals surface area contributed by atoms with E-state index in [9.17, 15) is 20.4 Å². The van der Waals surface area contributed by atoms with Crippen molar-refractivity contribution < 1.29 is 46.3 Å². The van der Waals surface area contributed by atoms with Gasteiger partial charge in [-0.05, 0) is 48.1 Å². The van der Waals surface area contributed by atoms with Gasteiger partial charge in [0.15, 0.2) is 0 Å². The van der Waals surface area contributed by atoms with E-state index in [-0.39, 0.29) is 5.56 Å². The van der Waals surface area contributed by atoms with Crippen molar-refractivity contribution in [2.75, 3.05) is 13.2 Å². The van der Waals surface area contributed by atoms with Crippen molar-refractivity contribution in [2.45, 2.75) is 43.8 Å². The Morgan fingerprint density at radius 2 is 1.89 bits per heavy atom. The molecule has 3 rings (SSSR count). The number of hydrogen-bond donors (Lipinski definition) is 4. The van der Waals surface area contributed by atoms with Crippen molar-refractivity contribution >= 4 is 11.6 Å². The van der Waals surface area contributed by atoms with E-state index in [0.717, 1.165) is 0 Å². The monoisotopic (exact) mass is 420 g/mol. The third-order valence-corrected chi connectivity index (χ3v) is 4.52. The van der Waals surface area contributed by atoms with Crippen LogP contribution in [0.25, 0.3) is 0 Å². The minimum absolute atomic E-state index is 0.290. The molecule has 0 unspecified atom stereocenters. The lowest BCUT2D eigenvalue weighted by Gasteiger charge is -2.40. The fourth-order valence-corrected chi connectivity index (χ4v) is 2.91. The lowest BCUT2D eigenvalue weighted by Crippen LogP contribution is -2.55. The highest BCUT2D eigenvalue weighted by atomic mass is 35.5. The van der Waals surface area contributed by atoms with Crippen LogP contribution in [0, 0.1) is 0 Å². The molecular formula is C21H25ClO6. The third kappa shape index (κ3) is 4.49. The van der Waals surface area contributed by atoms with Crippen molar-refractivity contribution in [3.05, 3.63) is 64.0 Å². The van der Waals surface area contributed by atoms with Gasteiger partial charge in [-0.25, -0.2) is 0 Å². The highest BCUT2D eigenvalue weighted by Crippen LogP contribution is 2.34. The van der Waals surface area contributed by atoms with Gasteiger partial charge < -0.3 is 29.9 Å². The van der Waals surface area contributed by atoms with E-state index < -0.39 is 121 Å². The highest BCUT2D eigenvalue weighted by Gasteiger charge is 2.43. The Hall–Kier alpha value is -1.67. The van der Waals surface area contributed by atoms with E-state index in [1.54, 1.807) is 0 Å². The number of ether oxygens (including phenoxy) is 2. The average Bonchev–Trinajstić information content (AvgIpc) is 2.87. The average molecular weight is 421 g/mol. The summed E-state index contributed by atoms with van der Waals surface area (Å²) in [6, 6.07) is -5.40. The van der Waals surface area contributed by atoms with E-state index in [0.29, 0.717) is 0 Å². The summed E-state index contributed by atoms with van der Waals surface area (Å²) in [7, 11) is 0. The van der Waals surface area contributed by atoms with Gasteiger partial charge in [0.05, 0.1) is 25.5 Å². The maximum atomic E-state index is 10.5. The Morgan fingerprint density at radius 1 is 1.14 bits per heavy atom. The number of hydrogen-bond acceptors (Lipinski definition) is 6. The quantitative estimate of drug-likeness (QED) is 0.569. The number of halogens is 1. The van der Waals surface area contributed by atoms with Gasteiger partial charge in [0.2, 0.25) is 0 Å². The first-order valence-corrected chi connectivity index (χ1v) is 8.52. The molecule has 6 nitrogen and oxygen atoms in total. The lowest BCUT2D eigenvalue weighted by atomic mass is 9.90. The Balaban J connectivity index is 2.16. The van der Waals surface area contributed by atoms with Crippen molar-refractivity contribution in [1.29, 1.82) is 0 Å². The Kier molecular flexibility index (Phi) is 3.42. The maximum Gasteiger partial charge on any atom is 0.119 e. The molecule has 0 radical (unpaired) electrons. The van der Waals surface area contributed by atoms with Gasteiger partial charge in [-0.15, -0.1) is 0 Å². The van der Waals surface area contributed by atoms with Gasteiger partial charge in [-0.1, -0.05) is 35.8 Å². The number of benzene rings is 2. The number of rotatable bonds is 6. The van der Waals surface area contributed by atoms with Gasteiger partial charge >= 0.3 is 0 Å². The van der Waals surface area contributed by atoms with Crippen molar-refractivity contribution in [3.63, 3.8) is 0 Å². The molecule has 2 aromatic carbocycles. The molecule has 5 atom stereocenters. The zero-order valence-corrected chi connectivity index (χ0v) is 15.0. The maximum absolute atomic E-state index is 10.5. The summed E-state index contributed by atoms with van der Waals surface area (Å²) in [5.74, 6) is -0.971. The van der Waals surface area contributed by atoms with Gasteiger partial charge in [0, 0.05) is 9.13 Å². The van der Waals surface area contributed by atoms with Crippen molar-refractivity contribution in [3.8, 4) is 5.75 Å². The van der Waals surface area contributed by atoms with E-state index in [1.807, 2.05) is 0 Å².